The lowest BCUT2D eigenvalue weighted by Gasteiger charge is -1.98. The zero-order chi connectivity index (χ0) is 11.5. The van der Waals surface area contributed by atoms with Gasteiger partial charge in [-0.3, -0.25) is 9.67 Å². The maximum Gasteiger partial charge on any atom is 0.125 e. The van der Waals surface area contributed by atoms with Crippen molar-refractivity contribution in [3.8, 4) is 11.4 Å². The number of alkyl halides is 1. The Morgan fingerprint density at radius 3 is 2.88 bits per heavy atom. The highest BCUT2D eigenvalue weighted by Crippen LogP contribution is 2.28. The van der Waals surface area contributed by atoms with E-state index in [-0.39, 0.29) is 0 Å². The summed E-state index contributed by atoms with van der Waals surface area (Å²) in [6, 6.07) is 5.78. The van der Waals surface area contributed by atoms with Crippen LogP contribution in [0.1, 0.15) is 5.69 Å². The lowest BCUT2D eigenvalue weighted by Crippen LogP contribution is -2.03. The largest absolute Gasteiger partial charge is 0.267 e. The smallest absolute Gasteiger partial charge is 0.125 e. The van der Waals surface area contributed by atoms with Crippen molar-refractivity contribution < 1.29 is 0 Å². The number of rotatable bonds is 3. The fourth-order valence-corrected chi connectivity index (χ4v) is 2.14. The standard InChI is InChI=1S/C11H11BrClN3/c1-8-10(12)11(15-16(8)7-5-13)9-4-2-3-6-14-9/h2-4,6H,5,7H2,1H3. The van der Waals surface area contributed by atoms with Crippen LogP contribution in [0.25, 0.3) is 11.4 Å². The van der Waals surface area contributed by atoms with Gasteiger partial charge in [-0.1, -0.05) is 6.07 Å². The monoisotopic (exact) mass is 299 g/mol. The molecule has 0 aliphatic heterocycles. The van der Waals surface area contributed by atoms with Crippen molar-refractivity contribution >= 4 is 27.5 Å². The molecule has 0 aliphatic carbocycles. The molecule has 0 saturated heterocycles. The van der Waals surface area contributed by atoms with Gasteiger partial charge < -0.3 is 0 Å². The molecular weight excluding hydrogens is 289 g/mol. The van der Waals surface area contributed by atoms with Gasteiger partial charge in [0.1, 0.15) is 5.69 Å². The summed E-state index contributed by atoms with van der Waals surface area (Å²) in [7, 11) is 0. The number of hydrogen-bond donors (Lipinski definition) is 0. The minimum Gasteiger partial charge on any atom is -0.267 e. The van der Waals surface area contributed by atoms with E-state index in [2.05, 4.69) is 26.0 Å². The Labute approximate surface area is 108 Å². The summed E-state index contributed by atoms with van der Waals surface area (Å²) in [4.78, 5) is 4.29. The van der Waals surface area contributed by atoms with Crippen LogP contribution in [0.3, 0.4) is 0 Å². The fourth-order valence-electron chi connectivity index (χ4n) is 1.49. The van der Waals surface area contributed by atoms with E-state index in [0.29, 0.717) is 12.4 Å². The third-order valence-electron chi connectivity index (χ3n) is 2.34. The summed E-state index contributed by atoms with van der Waals surface area (Å²) in [5, 5.41) is 4.49. The molecule has 5 heteroatoms. The number of aryl methyl sites for hydroxylation is 1. The number of pyridine rings is 1. The van der Waals surface area contributed by atoms with Crippen LogP contribution >= 0.6 is 27.5 Å². The molecule has 0 spiro atoms. The average molecular weight is 301 g/mol. The highest BCUT2D eigenvalue weighted by atomic mass is 79.9. The number of hydrogen-bond acceptors (Lipinski definition) is 2. The van der Waals surface area contributed by atoms with Gasteiger partial charge in [0, 0.05) is 12.1 Å². The first-order valence-electron chi connectivity index (χ1n) is 4.94. The molecule has 0 amide bonds. The SMILES string of the molecule is Cc1c(Br)c(-c2ccccn2)nn1CCCl. The van der Waals surface area contributed by atoms with Crippen LogP contribution in [-0.2, 0) is 6.54 Å². The second kappa shape index (κ2) is 4.97. The van der Waals surface area contributed by atoms with E-state index in [1.807, 2.05) is 29.8 Å². The molecule has 0 saturated carbocycles. The Balaban J connectivity index is 2.46. The second-order valence-electron chi connectivity index (χ2n) is 3.38. The fraction of sp³-hybridized carbons (Fsp3) is 0.273. The third-order valence-corrected chi connectivity index (χ3v) is 3.46. The number of nitrogens with zero attached hydrogens (tertiary/aromatic N) is 3. The molecule has 16 heavy (non-hydrogen) atoms. The van der Waals surface area contributed by atoms with Gasteiger partial charge >= 0.3 is 0 Å². The van der Waals surface area contributed by atoms with E-state index in [1.165, 1.54) is 0 Å². The first kappa shape index (κ1) is 11.6. The lowest BCUT2D eigenvalue weighted by atomic mass is 10.2. The molecule has 0 N–H and O–H groups in total. The highest BCUT2D eigenvalue weighted by Gasteiger charge is 2.14. The predicted molar refractivity (Wildman–Crippen MR) is 68.6 cm³/mol. The molecule has 0 unspecified atom stereocenters. The van der Waals surface area contributed by atoms with E-state index in [4.69, 9.17) is 11.6 Å². The Kier molecular flexibility index (Phi) is 3.61. The third kappa shape index (κ3) is 2.13. The molecular formula is C11H11BrClN3. The van der Waals surface area contributed by atoms with Gasteiger partial charge in [0.05, 0.1) is 22.4 Å². The molecule has 0 atom stereocenters. The van der Waals surface area contributed by atoms with Crippen LogP contribution < -0.4 is 0 Å². The van der Waals surface area contributed by atoms with Crippen LogP contribution in [0, 0.1) is 6.92 Å². The Morgan fingerprint density at radius 1 is 1.44 bits per heavy atom. The van der Waals surface area contributed by atoms with Gasteiger partial charge in [-0.2, -0.15) is 5.10 Å². The molecule has 2 rings (SSSR count). The normalized spacial score (nSPS) is 10.7. The average Bonchev–Trinajstić information content (AvgIpc) is 2.59. The summed E-state index contributed by atoms with van der Waals surface area (Å²) in [5.41, 5.74) is 2.80. The molecule has 0 aromatic carbocycles. The van der Waals surface area contributed by atoms with E-state index >= 15 is 0 Å². The molecule has 2 heterocycles. The van der Waals surface area contributed by atoms with Crippen molar-refractivity contribution in [2.24, 2.45) is 0 Å². The van der Waals surface area contributed by atoms with Crippen molar-refractivity contribution in [3.05, 3.63) is 34.6 Å². The molecule has 84 valence electrons. The zero-order valence-electron chi connectivity index (χ0n) is 8.82. The van der Waals surface area contributed by atoms with Gasteiger partial charge in [-0.15, -0.1) is 11.6 Å². The van der Waals surface area contributed by atoms with Crippen LogP contribution in [0.5, 0.6) is 0 Å². The molecule has 2 aromatic rings. The van der Waals surface area contributed by atoms with Crippen LogP contribution in [-0.4, -0.2) is 20.6 Å². The number of aromatic nitrogens is 3. The van der Waals surface area contributed by atoms with Gasteiger partial charge in [-0.25, -0.2) is 0 Å². The first-order chi connectivity index (χ1) is 7.74. The topological polar surface area (TPSA) is 30.7 Å². The quantitative estimate of drug-likeness (QED) is 0.815. The molecule has 3 nitrogen and oxygen atoms in total. The molecule has 0 bridgehead atoms. The summed E-state index contributed by atoms with van der Waals surface area (Å²) < 4.78 is 2.87. The maximum absolute atomic E-state index is 5.72. The van der Waals surface area contributed by atoms with Crippen molar-refractivity contribution in [1.82, 2.24) is 14.8 Å². The lowest BCUT2D eigenvalue weighted by molar-refractivity contribution is 0.645. The van der Waals surface area contributed by atoms with Gasteiger partial charge in [0.2, 0.25) is 0 Å². The Morgan fingerprint density at radius 2 is 2.25 bits per heavy atom. The summed E-state index contributed by atoms with van der Waals surface area (Å²) in [5.74, 6) is 0.552. The summed E-state index contributed by atoms with van der Waals surface area (Å²) in [6.45, 7) is 2.72. The molecule has 0 radical (unpaired) electrons. The van der Waals surface area contributed by atoms with Crippen molar-refractivity contribution in [3.63, 3.8) is 0 Å². The van der Waals surface area contributed by atoms with Gasteiger partial charge in [-0.05, 0) is 35.0 Å². The van der Waals surface area contributed by atoms with E-state index in [1.54, 1.807) is 6.20 Å². The van der Waals surface area contributed by atoms with Crippen molar-refractivity contribution in [2.75, 3.05) is 5.88 Å². The minimum atomic E-state index is 0.552. The summed E-state index contributed by atoms with van der Waals surface area (Å²) in [6.07, 6.45) is 1.76. The number of halogens is 2. The molecule has 0 fully saturated rings. The molecule has 0 aliphatic rings. The van der Waals surface area contributed by atoms with E-state index in [9.17, 15) is 0 Å². The highest BCUT2D eigenvalue weighted by molar-refractivity contribution is 9.10. The van der Waals surface area contributed by atoms with Crippen LogP contribution in [0.4, 0.5) is 0 Å². The Bertz CT molecular complexity index is 481. The van der Waals surface area contributed by atoms with E-state index < -0.39 is 0 Å². The summed E-state index contributed by atoms with van der Waals surface area (Å²) >= 11 is 9.27. The van der Waals surface area contributed by atoms with Gasteiger partial charge in [0.25, 0.3) is 0 Å². The van der Waals surface area contributed by atoms with Gasteiger partial charge in [0.15, 0.2) is 0 Å². The van der Waals surface area contributed by atoms with E-state index in [0.717, 1.165) is 21.6 Å². The Hall–Kier alpha value is -0.870. The van der Waals surface area contributed by atoms with Crippen LogP contribution in [0.15, 0.2) is 28.9 Å². The van der Waals surface area contributed by atoms with Crippen molar-refractivity contribution in [2.45, 2.75) is 13.5 Å². The van der Waals surface area contributed by atoms with Crippen molar-refractivity contribution in [1.29, 1.82) is 0 Å². The second-order valence-corrected chi connectivity index (χ2v) is 4.55. The zero-order valence-corrected chi connectivity index (χ0v) is 11.2. The minimum absolute atomic E-state index is 0.552. The maximum atomic E-state index is 5.72. The predicted octanol–water partition coefficient (Wildman–Crippen LogP) is 3.25. The van der Waals surface area contributed by atoms with Crippen LogP contribution in [0.2, 0.25) is 0 Å². The molecule has 2 aromatic heterocycles. The first-order valence-corrected chi connectivity index (χ1v) is 6.27.